The largest absolute Gasteiger partial charge is 0.481 e. The van der Waals surface area contributed by atoms with Gasteiger partial charge in [0, 0.05) is 19.3 Å². The summed E-state index contributed by atoms with van der Waals surface area (Å²) in [5.41, 5.74) is 2.38. The van der Waals surface area contributed by atoms with Gasteiger partial charge in [-0.3, -0.25) is 14.4 Å². The van der Waals surface area contributed by atoms with Gasteiger partial charge in [0.25, 0.3) is 0 Å². The highest BCUT2D eigenvalue weighted by molar-refractivity contribution is 5.68. The van der Waals surface area contributed by atoms with Gasteiger partial charge in [0.15, 0.2) is 0 Å². The number of aliphatic carboxylic acids is 3. The number of benzene rings is 1. The van der Waals surface area contributed by atoms with E-state index in [1.54, 1.807) is 18.2 Å². The first-order chi connectivity index (χ1) is 9.86. The second kappa shape index (κ2) is 8.04. The fourth-order valence-corrected chi connectivity index (χ4v) is 2.03. The SMILES string of the molecule is O=C(O)CCc1cc(CCC(=O)O)cc(CCC(=O)O)c1. The van der Waals surface area contributed by atoms with Crippen molar-refractivity contribution in [2.45, 2.75) is 38.5 Å². The minimum atomic E-state index is -0.905. The minimum Gasteiger partial charge on any atom is -0.481 e. The van der Waals surface area contributed by atoms with Crippen molar-refractivity contribution in [3.8, 4) is 0 Å². The molecule has 0 atom stereocenters. The zero-order valence-electron chi connectivity index (χ0n) is 11.5. The molecule has 114 valence electrons. The first-order valence-electron chi connectivity index (χ1n) is 6.64. The lowest BCUT2D eigenvalue weighted by molar-refractivity contribution is -0.137. The zero-order valence-corrected chi connectivity index (χ0v) is 11.5. The molecule has 0 aromatic heterocycles. The minimum absolute atomic E-state index is 0.0131. The summed E-state index contributed by atoms with van der Waals surface area (Å²) in [5.74, 6) is -2.71. The molecule has 1 aromatic rings. The molecular formula is C15H18O6. The molecule has 0 aliphatic heterocycles. The van der Waals surface area contributed by atoms with E-state index in [1.807, 2.05) is 0 Å². The number of hydrogen-bond acceptors (Lipinski definition) is 3. The molecule has 0 bridgehead atoms. The number of carbonyl (C=O) groups is 3. The average Bonchev–Trinajstić information content (AvgIpc) is 2.40. The third-order valence-corrected chi connectivity index (χ3v) is 2.99. The van der Waals surface area contributed by atoms with Crippen LogP contribution in [-0.2, 0) is 33.6 Å². The average molecular weight is 294 g/mol. The summed E-state index contributed by atoms with van der Waals surface area (Å²) in [5, 5.41) is 26.1. The van der Waals surface area contributed by atoms with Gasteiger partial charge in [-0.05, 0) is 36.0 Å². The van der Waals surface area contributed by atoms with E-state index in [2.05, 4.69) is 0 Å². The summed E-state index contributed by atoms with van der Waals surface area (Å²) < 4.78 is 0. The van der Waals surface area contributed by atoms with Gasteiger partial charge in [0.05, 0.1) is 0 Å². The lowest BCUT2D eigenvalue weighted by atomic mass is 9.97. The van der Waals surface area contributed by atoms with E-state index in [-0.39, 0.29) is 19.3 Å². The summed E-state index contributed by atoms with van der Waals surface area (Å²) >= 11 is 0. The Morgan fingerprint density at radius 3 is 1.05 bits per heavy atom. The number of hydrogen-bond donors (Lipinski definition) is 3. The molecule has 1 aromatic carbocycles. The molecular weight excluding hydrogens is 276 g/mol. The Hall–Kier alpha value is -2.37. The van der Waals surface area contributed by atoms with E-state index in [9.17, 15) is 14.4 Å². The fraction of sp³-hybridized carbons (Fsp3) is 0.400. The van der Waals surface area contributed by atoms with Crippen molar-refractivity contribution in [2.24, 2.45) is 0 Å². The summed E-state index contributed by atoms with van der Waals surface area (Å²) in [6, 6.07) is 5.36. The number of carboxylic acid groups (broad SMARTS) is 3. The van der Waals surface area contributed by atoms with Gasteiger partial charge >= 0.3 is 17.9 Å². The van der Waals surface area contributed by atoms with Crippen molar-refractivity contribution in [2.75, 3.05) is 0 Å². The van der Waals surface area contributed by atoms with Gasteiger partial charge < -0.3 is 15.3 Å². The first kappa shape index (κ1) is 16.7. The van der Waals surface area contributed by atoms with Crippen LogP contribution in [-0.4, -0.2) is 33.2 Å². The van der Waals surface area contributed by atoms with E-state index in [0.29, 0.717) is 19.3 Å². The Morgan fingerprint density at radius 2 is 0.857 bits per heavy atom. The molecule has 0 aliphatic rings. The van der Waals surface area contributed by atoms with Crippen molar-refractivity contribution in [3.05, 3.63) is 34.9 Å². The summed E-state index contributed by atoms with van der Waals surface area (Å²) in [7, 11) is 0. The summed E-state index contributed by atoms with van der Waals surface area (Å²) in [6.07, 6.45) is 0.991. The Bertz CT molecular complexity index is 446. The molecule has 0 saturated carbocycles. The maximum atomic E-state index is 10.6. The second-order valence-corrected chi connectivity index (χ2v) is 4.84. The van der Waals surface area contributed by atoms with Gasteiger partial charge in [0.1, 0.15) is 0 Å². The van der Waals surface area contributed by atoms with E-state index in [4.69, 9.17) is 15.3 Å². The van der Waals surface area contributed by atoms with Gasteiger partial charge in [-0.15, -0.1) is 0 Å². The van der Waals surface area contributed by atoms with Crippen LogP contribution in [0, 0.1) is 0 Å². The zero-order chi connectivity index (χ0) is 15.8. The second-order valence-electron chi connectivity index (χ2n) is 4.84. The van der Waals surface area contributed by atoms with Crippen LogP contribution in [0.15, 0.2) is 18.2 Å². The van der Waals surface area contributed by atoms with Crippen molar-refractivity contribution < 1.29 is 29.7 Å². The molecule has 0 unspecified atom stereocenters. The molecule has 6 heteroatoms. The van der Waals surface area contributed by atoms with Gasteiger partial charge in [0.2, 0.25) is 0 Å². The Morgan fingerprint density at radius 1 is 0.619 bits per heavy atom. The standard InChI is InChI=1S/C15H18O6/c16-13(17)4-1-10-7-11(2-5-14(18)19)9-12(8-10)3-6-15(20)21/h7-9H,1-6H2,(H,16,17)(H,18,19)(H,20,21). The Labute approximate surface area is 122 Å². The van der Waals surface area contributed by atoms with E-state index >= 15 is 0 Å². The van der Waals surface area contributed by atoms with Crippen LogP contribution < -0.4 is 0 Å². The maximum Gasteiger partial charge on any atom is 0.303 e. The van der Waals surface area contributed by atoms with E-state index < -0.39 is 17.9 Å². The number of aryl methyl sites for hydroxylation is 3. The van der Waals surface area contributed by atoms with E-state index in [0.717, 1.165) is 16.7 Å². The van der Waals surface area contributed by atoms with Crippen LogP contribution in [0.2, 0.25) is 0 Å². The van der Waals surface area contributed by atoms with Crippen molar-refractivity contribution >= 4 is 17.9 Å². The fourth-order valence-electron chi connectivity index (χ4n) is 2.03. The van der Waals surface area contributed by atoms with Gasteiger partial charge in [-0.25, -0.2) is 0 Å². The molecule has 21 heavy (non-hydrogen) atoms. The van der Waals surface area contributed by atoms with Crippen LogP contribution in [0.4, 0.5) is 0 Å². The molecule has 0 fully saturated rings. The summed E-state index contributed by atoms with van der Waals surface area (Å²) in [6.45, 7) is 0. The number of carboxylic acids is 3. The van der Waals surface area contributed by atoms with Crippen molar-refractivity contribution in [3.63, 3.8) is 0 Å². The lowest BCUT2D eigenvalue weighted by Gasteiger charge is -2.08. The highest BCUT2D eigenvalue weighted by Crippen LogP contribution is 2.16. The smallest absolute Gasteiger partial charge is 0.303 e. The normalized spacial score (nSPS) is 10.3. The first-order valence-corrected chi connectivity index (χ1v) is 6.64. The van der Waals surface area contributed by atoms with Crippen LogP contribution in [0.5, 0.6) is 0 Å². The molecule has 0 saturated heterocycles. The molecule has 0 heterocycles. The van der Waals surface area contributed by atoms with Gasteiger partial charge in [-0.1, -0.05) is 18.2 Å². The monoisotopic (exact) mass is 294 g/mol. The lowest BCUT2D eigenvalue weighted by Crippen LogP contribution is -2.03. The molecule has 0 spiro atoms. The molecule has 6 nitrogen and oxygen atoms in total. The van der Waals surface area contributed by atoms with Crippen molar-refractivity contribution in [1.29, 1.82) is 0 Å². The van der Waals surface area contributed by atoms with Crippen LogP contribution in [0.3, 0.4) is 0 Å². The molecule has 3 N–H and O–H groups in total. The third kappa shape index (κ3) is 7.10. The highest BCUT2D eigenvalue weighted by Gasteiger charge is 2.07. The topological polar surface area (TPSA) is 112 Å². The Balaban J connectivity index is 2.86. The molecule has 0 radical (unpaired) electrons. The molecule has 0 amide bonds. The predicted octanol–water partition coefficient (Wildman–Crippen LogP) is 1.74. The van der Waals surface area contributed by atoms with Gasteiger partial charge in [-0.2, -0.15) is 0 Å². The summed E-state index contributed by atoms with van der Waals surface area (Å²) in [4.78, 5) is 31.9. The molecule has 1 rings (SSSR count). The Kier molecular flexibility index (Phi) is 6.39. The predicted molar refractivity (Wildman–Crippen MR) is 74.3 cm³/mol. The van der Waals surface area contributed by atoms with E-state index in [1.165, 1.54) is 0 Å². The van der Waals surface area contributed by atoms with Crippen LogP contribution >= 0.6 is 0 Å². The van der Waals surface area contributed by atoms with Crippen LogP contribution in [0.25, 0.3) is 0 Å². The maximum absolute atomic E-state index is 10.6. The van der Waals surface area contributed by atoms with Crippen LogP contribution in [0.1, 0.15) is 36.0 Å². The van der Waals surface area contributed by atoms with Crippen molar-refractivity contribution in [1.82, 2.24) is 0 Å². The highest BCUT2D eigenvalue weighted by atomic mass is 16.4. The third-order valence-electron chi connectivity index (χ3n) is 2.99. The molecule has 0 aliphatic carbocycles. The number of rotatable bonds is 9. The quantitative estimate of drug-likeness (QED) is 0.639.